The fourth-order valence-electron chi connectivity index (χ4n) is 4.22. The van der Waals surface area contributed by atoms with Gasteiger partial charge in [0.2, 0.25) is 5.95 Å². The van der Waals surface area contributed by atoms with Gasteiger partial charge in [0.15, 0.2) is 6.61 Å². The van der Waals surface area contributed by atoms with Crippen molar-refractivity contribution in [2.24, 2.45) is 0 Å². The molecule has 39 heavy (non-hydrogen) atoms. The summed E-state index contributed by atoms with van der Waals surface area (Å²) >= 11 is 0. The fraction of sp³-hybridized carbons (Fsp3) is 0.414. The van der Waals surface area contributed by atoms with Crippen LogP contribution in [0.4, 0.5) is 19.1 Å². The van der Waals surface area contributed by atoms with Crippen molar-refractivity contribution < 1.29 is 32.5 Å². The van der Waals surface area contributed by atoms with Gasteiger partial charge in [-0.1, -0.05) is 58.4 Å². The number of carboxylic acid groups (broad SMARTS) is 1. The maximum Gasteiger partial charge on any atom is 0.573 e. The fourth-order valence-corrected chi connectivity index (χ4v) is 4.22. The average molecular weight is 546 g/mol. The van der Waals surface area contributed by atoms with Crippen LogP contribution in [0.25, 0.3) is 0 Å². The van der Waals surface area contributed by atoms with Gasteiger partial charge in [0, 0.05) is 30.9 Å². The SMILES string of the molecule is CCCc1cc(C(C)(C)CN(Cc2ccc(OC(F)(F)F)cc2)c2ncc(CC)cn2)ccc1OCC(=O)O. The summed E-state index contributed by atoms with van der Waals surface area (Å²) in [5.41, 5.74) is 3.32. The third kappa shape index (κ3) is 8.87. The molecule has 3 rings (SSSR count). The lowest BCUT2D eigenvalue weighted by molar-refractivity contribution is -0.274. The van der Waals surface area contributed by atoms with Crippen molar-refractivity contribution >= 4 is 11.9 Å². The van der Waals surface area contributed by atoms with Crippen LogP contribution in [0, 0.1) is 0 Å². The number of anilines is 1. The maximum atomic E-state index is 12.6. The van der Waals surface area contributed by atoms with Gasteiger partial charge in [-0.3, -0.25) is 0 Å². The van der Waals surface area contributed by atoms with Crippen molar-refractivity contribution in [3.05, 3.63) is 77.1 Å². The molecule has 1 N–H and O–H groups in total. The standard InChI is InChI=1S/C29H34F3N3O4/c1-5-7-22-14-23(10-13-25(22)38-18-26(36)37)28(3,4)19-35(27-33-15-20(6-2)16-34-27)17-21-8-11-24(12-9-21)39-29(30,31)32/h8-16H,5-7,17-19H2,1-4H3,(H,36,37). The van der Waals surface area contributed by atoms with E-state index in [1.807, 2.05) is 30.9 Å². The lowest BCUT2D eigenvalue weighted by Gasteiger charge is -2.34. The van der Waals surface area contributed by atoms with E-state index in [0.29, 0.717) is 24.8 Å². The Kier molecular flexibility index (Phi) is 9.77. The summed E-state index contributed by atoms with van der Waals surface area (Å²) in [6, 6.07) is 11.5. The van der Waals surface area contributed by atoms with Gasteiger partial charge in [-0.2, -0.15) is 0 Å². The van der Waals surface area contributed by atoms with Crippen molar-refractivity contribution in [3.63, 3.8) is 0 Å². The summed E-state index contributed by atoms with van der Waals surface area (Å²) in [5, 5.41) is 9.01. The zero-order chi connectivity index (χ0) is 28.6. The van der Waals surface area contributed by atoms with Crippen molar-refractivity contribution in [2.75, 3.05) is 18.1 Å². The van der Waals surface area contributed by atoms with Gasteiger partial charge in [-0.05, 0) is 53.3 Å². The molecule has 1 aromatic heterocycles. The molecule has 0 fully saturated rings. The number of nitrogens with zero attached hydrogens (tertiary/aromatic N) is 3. The number of rotatable bonds is 13. The van der Waals surface area contributed by atoms with Gasteiger partial charge < -0.3 is 19.5 Å². The molecule has 3 aromatic rings. The van der Waals surface area contributed by atoms with Gasteiger partial charge in [0.1, 0.15) is 11.5 Å². The second kappa shape index (κ2) is 12.8. The molecular formula is C29H34F3N3O4. The number of aryl methyl sites for hydroxylation is 2. The van der Waals surface area contributed by atoms with Crippen LogP contribution < -0.4 is 14.4 Å². The molecule has 0 bridgehead atoms. The van der Waals surface area contributed by atoms with E-state index in [2.05, 4.69) is 28.6 Å². The number of aromatic nitrogens is 2. The number of carbonyl (C=O) groups is 1. The van der Waals surface area contributed by atoms with Crippen LogP contribution in [-0.4, -0.2) is 40.6 Å². The quantitative estimate of drug-likeness (QED) is 0.268. The summed E-state index contributed by atoms with van der Waals surface area (Å²) in [6.07, 6.45) is 1.19. The highest BCUT2D eigenvalue weighted by molar-refractivity contribution is 5.68. The Labute approximate surface area is 226 Å². The first-order chi connectivity index (χ1) is 18.4. The minimum atomic E-state index is -4.75. The zero-order valence-corrected chi connectivity index (χ0v) is 22.6. The van der Waals surface area contributed by atoms with Gasteiger partial charge in [0.05, 0.1) is 0 Å². The summed E-state index contributed by atoms with van der Waals surface area (Å²) in [7, 11) is 0. The Hall–Kier alpha value is -3.82. The molecule has 0 aliphatic heterocycles. The van der Waals surface area contributed by atoms with E-state index in [1.165, 1.54) is 12.1 Å². The third-order valence-electron chi connectivity index (χ3n) is 6.21. The smallest absolute Gasteiger partial charge is 0.482 e. The molecule has 10 heteroatoms. The van der Waals surface area contributed by atoms with E-state index in [1.54, 1.807) is 30.6 Å². The lowest BCUT2D eigenvalue weighted by atomic mass is 9.82. The molecule has 0 aliphatic rings. The van der Waals surface area contributed by atoms with Gasteiger partial charge in [-0.25, -0.2) is 14.8 Å². The first-order valence-corrected chi connectivity index (χ1v) is 12.8. The molecule has 1 heterocycles. The Bertz CT molecular complexity index is 1230. The number of hydrogen-bond acceptors (Lipinski definition) is 6. The van der Waals surface area contributed by atoms with Gasteiger partial charge >= 0.3 is 12.3 Å². The summed E-state index contributed by atoms with van der Waals surface area (Å²) < 4.78 is 47.2. The van der Waals surface area contributed by atoms with Crippen LogP contribution in [0.15, 0.2) is 54.9 Å². The van der Waals surface area contributed by atoms with E-state index in [4.69, 9.17) is 9.84 Å². The Morgan fingerprint density at radius 2 is 1.67 bits per heavy atom. The molecule has 0 spiro atoms. The zero-order valence-electron chi connectivity index (χ0n) is 22.6. The van der Waals surface area contributed by atoms with E-state index in [9.17, 15) is 18.0 Å². The first kappa shape index (κ1) is 29.7. The largest absolute Gasteiger partial charge is 0.573 e. The number of benzene rings is 2. The average Bonchev–Trinajstić information content (AvgIpc) is 2.88. The van der Waals surface area contributed by atoms with E-state index < -0.39 is 24.4 Å². The first-order valence-electron chi connectivity index (χ1n) is 12.8. The molecule has 0 saturated heterocycles. The van der Waals surface area contributed by atoms with Crippen molar-refractivity contribution in [2.45, 2.75) is 65.3 Å². The molecule has 0 aliphatic carbocycles. The molecule has 2 aromatic carbocycles. The summed E-state index contributed by atoms with van der Waals surface area (Å²) in [4.78, 5) is 22.1. The topological polar surface area (TPSA) is 84.8 Å². The number of carboxylic acids is 1. The second-order valence-electron chi connectivity index (χ2n) is 9.93. The van der Waals surface area contributed by atoms with Crippen LogP contribution in [0.1, 0.15) is 56.4 Å². The number of alkyl halides is 3. The highest BCUT2D eigenvalue weighted by Crippen LogP contribution is 2.32. The molecule has 0 amide bonds. The number of ether oxygens (including phenoxy) is 2. The molecule has 0 saturated carbocycles. The third-order valence-corrected chi connectivity index (χ3v) is 6.21. The molecule has 0 unspecified atom stereocenters. The molecule has 7 nitrogen and oxygen atoms in total. The Morgan fingerprint density at radius 1 is 1.00 bits per heavy atom. The minimum Gasteiger partial charge on any atom is -0.482 e. The highest BCUT2D eigenvalue weighted by Gasteiger charge is 2.31. The van der Waals surface area contributed by atoms with Gasteiger partial charge in [-0.15, -0.1) is 13.2 Å². The molecule has 0 radical (unpaired) electrons. The summed E-state index contributed by atoms with van der Waals surface area (Å²) in [5.74, 6) is -0.263. The minimum absolute atomic E-state index is 0.282. The second-order valence-corrected chi connectivity index (χ2v) is 9.93. The van der Waals surface area contributed by atoms with Crippen molar-refractivity contribution in [3.8, 4) is 11.5 Å². The number of hydrogen-bond donors (Lipinski definition) is 1. The Balaban J connectivity index is 1.89. The summed E-state index contributed by atoms with van der Waals surface area (Å²) in [6.45, 7) is 8.69. The van der Waals surface area contributed by atoms with Crippen LogP contribution >= 0.6 is 0 Å². The highest BCUT2D eigenvalue weighted by atomic mass is 19.4. The van der Waals surface area contributed by atoms with Crippen molar-refractivity contribution in [1.82, 2.24) is 9.97 Å². The van der Waals surface area contributed by atoms with E-state index in [0.717, 1.165) is 41.5 Å². The van der Waals surface area contributed by atoms with Crippen molar-refractivity contribution in [1.29, 1.82) is 0 Å². The molecular weight excluding hydrogens is 511 g/mol. The van der Waals surface area contributed by atoms with Crippen LogP contribution in [0.3, 0.4) is 0 Å². The van der Waals surface area contributed by atoms with Crippen LogP contribution in [-0.2, 0) is 29.6 Å². The maximum absolute atomic E-state index is 12.6. The normalized spacial score (nSPS) is 11.8. The number of halogens is 3. The van der Waals surface area contributed by atoms with Gasteiger partial charge in [0.25, 0.3) is 0 Å². The number of aliphatic carboxylic acids is 1. The van der Waals surface area contributed by atoms with E-state index >= 15 is 0 Å². The Morgan fingerprint density at radius 3 is 2.23 bits per heavy atom. The van der Waals surface area contributed by atoms with E-state index in [-0.39, 0.29) is 5.75 Å². The molecule has 210 valence electrons. The van der Waals surface area contributed by atoms with Crippen LogP contribution in [0.5, 0.6) is 11.5 Å². The predicted molar refractivity (Wildman–Crippen MR) is 142 cm³/mol. The predicted octanol–water partition coefficient (Wildman–Crippen LogP) is 6.34. The van der Waals surface area contributed by atoms with Crippen LogP contribution in [0.2, 0.25) is 0 Å². The molecule has 0 atom stereocenters. The lowest BCUT2D eigenvalue weighted by Crippen LogP contribution is -2.38. The monoisotopic (exact) mass is 545 g/mol.